The second kappa shape index (κ2) is 7.92. The van der Waals surface area contributed by atoms with Crippen LogP contribution in [0.4, 0.5) is 0 Å². The maximum Gasteiger partial charge on any atom is 0.236 e. The van der Waals surface area contributed by atoms with Crippen molar-refractivity contribution in [1.82, 2.24) is 29.3 Å². The van der Waals surface area contributed by atoms with E-state index in [9.17, 15) is 4.79 Å². The van der Waals surface area contributed by atoms with E-state index in [0.29, 0.717) is 26.3 Å². The molecule has 8 nitrogen and oxygen atoms in total. The summed E-state index contributed by atoms with van der Waals surface area (Å²) in [5.41, 5.74) is 0.939. The summed E-state index contributed by atoms with van der Waals surface area (Å²) in [7, 11) is 0. The molecule has 1 amide bonds. The number of carbonyl (C=O) groups is 1. The van der Waals surface area contributed by atoms with E-state index < -0.39 is 0 Å². The zero-order valence-electron chi connectivity index (χ0n) is 14.8. The predicted octanol–water partition coefficient (Wildman–Crippen LogP) is 0.701. The highest BCUT2D eigenvalue weighted by Crippen LogP contribution is 2.28. The van der Waals surface area contributed by atoms with Gasteiger partial charge in [0.15, 0.2) is 5.82 Å². The molecule has 1 atom stereocenters. The summed E-state index contributed by atoms with van der Waals surface area (Å²) in [5, 5.41) is 0. The number of imidazole rings is 1. The highest BCUT2D eigenvalue weighted by atomic mass is 16.5. The first kappa shape index (κ1) is 17.1. The molecular formula is C18H24N6O2. The summed E-state index contributed by atoms with van der Waals surface area (Å²) in [5.74, 6) is 1.20. The molecule has 2 aromatic heterocycles. The standard InChI is InChI=1S/C18H24N6O2/c25-16(13-22-8-10-26-11-9-22)23-6-1-2-15(12-23)17-18(21-4-3-20-17)24-7-5-19-14-24/h3-5,7,14-15H,1-2,6,8-13H2/t15-/m0/s1. The van der Waals surface area contributed by atoms with Gasteiger partial charge in [0.1, 0.15) is 6.33 Å². The molecule has 0 radical (unpaired) electrons. The highest BCUT2D eigenvalue weighted by molar-refractivity contribution is 5.78. The van der Waals surface area contributed by atoms with Gasteiger partial charge < -0.3 is 9.64 Å². The van der Waals surface area contributed by atoms with Crippen LogP contribution in [0.25, 0.3) is 5.82 Å². The van der Waals surface area contributed by atoms with Gasteiger partial charge in [-0.25, -0.2) is 9.97 Å². The van der Waals surface area contributed by atoms with E-state index in [-0.39, 0.29) is 11.8 Å². The number of rotatable bonds is 4. The number of morpholine rings is 1. The number of likely N-dealkylation sites (tertiary alicyclic amines) is 1. The summed E-state index contributed by atoms with van der Waals surface area (Å²) in [4.78, 5) is 30.1. The molecule has 0 bridgehead atoms. The number of ether oxygens (including phenoxy) is 1. The quantitative estimate of drug-likeness (QED) is 0.803. The van der Waals surface area contributed by atoms with E-state index in [2.05, 4.69) is 19.9 Å². The summed E-state index contributed by atoms with van der Waals surface area (Å²) in [6.45, 7) is 5.08. The summed E-state index contributed by atoms with van der Waals surface area (Å²) < 4.78 is 7.25. The second-order valence-electron chi connectivity index (χ2n) is 6.80. The van der Waals surface area contributed by atoms with Crippen molar-refractivity contribution in [3.8, 4) is 5.82 Å². The van der Waals surface area contributed by atoms with Gasteiger partial charge in [-0.15, -0.1) is 0 Å². The largest absolute Gasteiger partial charge is 0.379 e. The SMILES string of the molecule is O=C(CN1CCOCC1)N1CCC[C@H](c2nccnc2-n2ccnc2)C1. The molecule has 0 spiro atoms. The zero-order valence-corrected chi connectivity index (χ0v) is 14.8. The van der Waals surface area contributed by atoms with Crippen LogP contribution in [0.2, 0.25) is 0 Å². The highest BCUT2D eigenvalue weighted by Gasteiger charge is 2.29. The van der Waals surface area contributed by atoms with Gasteiger partial charge in [0, 0.05) is 56.9 Å². The summed E-state index contributed by atoms with van der Waals surface area (Å²) in [6.07, 6.45) is 10.8. The van der Waals surface area contributed by atoms with Gasteiger partial charge in [0.2, 0.25) is 5.91 Å². The topological polar surface area (TPSA) is 76.4 Å². The lowest BCUT2D eigenvalue weighted by molar-refractivity contribution is -0.134. The van der Waals surface area contributed by atoms with Crippen molar-refractivity contribution in [1.29, 1.82) is 0 Å². The monoisotopic (exact) mass is 356 g/mol. The molecule has 4 rings (SSSR count). The van der Waals surface area contributed by atoms with Crippen molar-refractivity contribution >= 4 is 5.91 Å². The minimum absolute atomic E-state index is 0.198. The number of amides is 1. The Morgan fingerprint density at radius 3 is 2.81 bits per heavy atom. The molecular weight excluding hydrogens is 332 g/mol. The number of aromatic nitrogens is 4. The molecule has 8 heteroatoms. The van der Waals surface area contributed by atoms with E-state index in [4.69, 9.17) is 4.74 Å². The first-order valence-electron chi connectivity index (χ1n) is 9.18. The van der Waals surface area contributed by atoms with Crippen LogP contribution in [0.1, 0.15) is 24.5 Å². The molecule has 26 heavy (non-hydrogen) atoms. The Kier molecular flexibility index (Phi) is 5.21. The van der Waals surface area contributed by atoms with Gasteiger partial charge in [-0.1, -0.05) is 0 Å². The first-order valence-corrected chi connectivity index (χ1v) is 9.18. The number of hydrogen-bond acceptors (Lipinski definition) is 6. The molecule has 0 saturated carbocycles. The van der Waals surface area contributed by atoms with E-state index in [1.165, 1.54) is 0 Å². The van der Waals surface area contributed by atoms with Crippen LogP contribution in [0.5, 0.6) is 0 Å². The molecule has 138 valence electrons. The van der Waals surface area contributed by atoms with Crippen molar-refractivity contribution in [2.45, 2.75) is 18.8 Å². The van der Waals surface area contributed by atoms with Gasteiger partial charge in [-0.3, -0.25) is 19.2 Å². The van der Waals surface area contributed by atoms with Gasteiger partial charge in [0.05, 0.1) is 25.5 Å². The van der Waals surface area contributed by atoms with E-state index in [0.717, 1.165) is 44.0 Å². The third-order valence-electron chi connectivity index (χ3n) is 5.08. The molecule has 2 saturated heterocycles. The molecule has 2 aliphatic rings. The van der Waals surface area contributed by atoms with Crippen molar-refractivity contribution in [3.63, 3.8) is 0 Å². The van der Waals surface area contributed by atoms with Crippen molar-refractivity contribution in [3.05, 3.63) is 36.8 Å². The van der Waals surface area contributed by atoms with Crippen LogP contribution in [0.15, 0.2) is 31.1 Å². The summed E-state index contributed by atoms with van der Waals surface area (Å²) >= 11 is 0. The van der Waals surface area contributed by atoms with Crippen LogP contribution in [-0.4, -0.2) is 81.2 Å². The Morgan fingerprint density at radius 2 is 2.00 bits per heavy atom. The van der Waals surface area contributed by atoms with Crippen LogP contribution in [-0.2, 0) is 9.53 Å². The normalized spacial score (nSPS) is 21.7. The molecule has 4 heterocycles. The van der Waals surface area contributed by atoms with Crippen LogP contribution >= 0.6 is 0 Å². The Bertz CT molecular complexity index is 729. The average Bonchev–Trinajstić information content (AvgIpc) is 3.23. The minimum Gasteiger partial charge on any atom is -0.379 e. The first-order chi connectivity index (χ1) is 12.8. The van der Waals surface area contributed by atoms with E-state index in [1.807, 2.05) is 15.7 Å². The third-order valence-corrected chi connectivity index (χ3v) is 5.08. The maximum absolute atomic E-state index is 12.7. The Hall–Kier alpha value is -2.32. The minimum atomic E-state index is 0.198. The Labute approximate surface area is 152 Å². The number of carbonyl (C=O) groups excluding carboxylic acids is 1. The van der Waals surface area contributed by atoms with Crippen molar-refractivity contribution < 1.29 is 9.53 Å². The van der Waals surface area contributed by atoms with Gasteiger partial charge in [-0.2, -0.15) is 0 Å². The van der Waals surface area contributed by atoms with Crippen molar-refractivity contribution in [2.75, 3.05) is 45.9 Å². The van der Waals surface area contributed by atoms with Crippen LogP contribution in [0.3, 0.4) is 0 Å². The zero-order chi connectivity index (χ0) is 17.8. The third kappa shape index (κ3) is 3.76. The molecule has 2 aromatic rings. The van der Waals surface area contributed by atoms with Crippen LogP contribution in [0, 0.1) is 0 Å². The number of piperidine rings is 1. The fourth-order valence-electron chi connectivity index (χ4n) is 3.69. The predicted molar refractivity (Wildman–Crippen MR) is 95.0 cm³/mol. The molecule has 0 N–H and O–H groups in total. The Morgan fingerprint density at radius 1 is 1.15 bits per heavy atom. The molecule has 2 fully saturated rings. The number of nitrogens with zero attached hydrogens (tertiary/aromatic N) is 6. The molecule has 0 unspecified atom stereocenters. The van der Waals surface area contributed by atoms with Crippen LogP contribution < -0.4 is 0 Å². The van der Waals surface area contributed by atoms with Gasteiger partial charge in [0.25, 0.3) is 0 Å². The van der Waals surface area contributed by atoms with E-state index >= 15 is 0 Å². The molecule has 2 aliphatic heterocycles. The summed E-state index contributed by atoms with van der Waals surface area (Å²) in [6, 6.07) is 0. The average molecular weight is 356 g/mol. The smallest absolute Gasteiger partial charge is 0.236 e. The second-order valence-corrected chi connectivity index (χ2v) is 6.80. The van der Waals surface area contributed by atoms with Gasteiger partial charge in [-0.05, 0) is 12.8 Å². The lowest BCUT2D eigenvalue weighted by Gasteiger charge is -2.35. The fourth-order valence-corrected chi connectivity index (χ4v) is 3.69. The Balaban J connectivity index is 1.46. The molecule has 0 aromatic carbocycles. The van der Waals surface area contributed by atoms with Crippen molar-refractivity contribution in [2.24, 2.45) is 0 Å². The van der Waals surface area contributed by atoms with Gasteiger partial charge >= 0.3 is 0 Å². The van der Waals surface area contributed by atoms with E-state index in [1.54, 1.807) is 24.9 Å². The lowest BCUT2D eigenvalue weighted by atomic mass is 9.94. The fraction of sp³-hybridized carbons (Fsp3) is 0.556. The maximum atomic E-state index is 12.7. The lowest BCUT2D eigenvalue weighted by Crippen LogP contribution is -2.47. The molecule has 0 aliphatic carbocycles. The number of hydrogen-bond donors (Lipinski definition) is 0.